The lowest BCUT2D eigenvalue weighted by atomic mass is 9.95. The van der Waals surface area contributed by atoms with Gasteiger partial charge in [-0.3, -0.25) is 10.1 Å². The summed E-state index contributed by atoms with van der Waals surface area (Å²) in [4.78, 5) is 22.5. The molecule has 0 saturated carbocycles. The molecule has 1 aliphatic rings. The number of halogens is 1. The first-order valence-electron chi connectivity index (χ1n) is 8.51. The van der Waals surface area contributed by atoms with Crippen LogP contribution in [0.25, 0.3) is 28.0 Å². The zero-order valence-corrected chi connectivity index (χ0v) is 14.9. The highest BCUT2D eigenvalue weighted by Crippen LogP contribution is 2.46. The molecule has 140 valence electrons. The number of ether oxygens (including phenoxy) is 1. The maximum Gasteiger partial charge on any atom is 0.434 e. The van der Waals surface area contributed by atoms with E-state index in [2.05, 4.69) is 0 Å². The van der Waals surface area contributed by atoms with E-state index < -0.39 is 27.9 Å². The summed E-state index contributed by atoms with van der Waals surface area (Å²) in [5.41, 5.74) is -0.994. The van der Waals surface area contributed by atoms with Crippen molar-refractivity contribution in [2.45, 2.75) is 39.2 Å². The minimum absolute atomic E-state index is 0.0292. The Bertz CT molecular complexity index is 1200. The second-order valence-electron chi connectivity index (χ2n) is 7.00. The maximum absolute atomic E-state index is 14.6. The number of fused-ring (bicyclic) bond motifs is 6. The molecule has 8 heteroatoms. The van der Waals surface area contributed by atoms with Gasteiger partial charge in [-0.25, -0.2) is 4.79 Å². The third-order valence-corrected chi connectivity index (χ3v) is 4.54. The van der Waals surface area contributed by atoms with E-state index >= 15 is 0 Å². The Morgan fingerprint density at radius 3 is 2.67 bits per heavy atom. The number of nitro groups is 1. The molecule has 3 aromatic rings. The lowest BCUT2D eigenvalue weighted by Crippen LogP contribution is -2.28. The third-order valence-electron chi connectivity index (χ3n) is 4.54. The molecule has 27 heavy (non-hydrogen) atoms. The van der Waals surface area contributed by atoms with E-state index in [9.17, 15) is 19.3 Å². The van der Waals surface area contributed by atoms with Gasteiger partial charge in [-0.05, 0) is 32.4 Å². The van der Waals surface area contributed by atoms with Gasteiger partial charge >= 0.3 is 11.5 Å². The summed E-state index contributed by atoms with van der Waals surface area (Å²) in [5.74, 6) is -1.18. The molecule has 1 aliphatic heterocycles. The van der Waals surface area contributed by atoms with E-state index in [-0.39, 0.29) is 22.1 Å². The van der Waals surface area contributed by atoms with Crippen molar-refractivity contribution < 1.29 is 22.9 Å². The molecule has 0 N–H and O–H groups in total. The van der Waals surface area contributed by atoms with Crippen LogP contribution in [0.3, 0.4) is 0 Å². The lowest BCUT2D eigenvalue weighted by Gasteiger charge is -2.29. The number of hydrogen-bond acceptors (Lipinski definition) is 6. The Hall–Kier alpha value is -3.16. The SMILES string of the molecule is CCCc1c(F)c(=O)oc2c1c1c(c3oc([N+](=O)[O-])cc32)C=CC(C)(C)O1. The van der Waals surface area contributed by atoms with Gasteiger partial charge in [-0.1, -0.05) is 13.3 Å². The highest BCUT2D eigenvalue weighted by atomic mass is 19.1. The first-order valence-corrected chi connectivity index (χ1v) is 8.51. The molecule has 3 heterocycles. The Morgan fingerprint density at radius 2 is 2.00 bits per heavy atom. The fraction of sp³-hybridized carbons (Fsp3) is 0.316. The smallest absolute Gasteiger partial charge is 0.434 e. The van der Waals surface area contributed by atoms with Gasteiger partial charge in [0.25, 0.3) is 0 Å². The van der Waals surface area contributed by atoms with E-state index in [1.807, 2.05) is 20.8 Å². The second-order valence-corrected chi connectivity index (χ2v) is 7.00. The predicted octanol–water partition coefficient (Wildman–Crippen LogP) is 4.72. The molecule has 0 amide bonds. The average molecular weight is 373 g/mol. The molecule has 0 atom stereocenters. The fourth-order valence-corrected chi connectivity index (χ4v) is 3.39. The Kier molecular flexibility index (Phi) is 3.62. The van der Waals surface area contributed by atoms with Crippen LogP contribution < -0.4 is 10.4 Å². The molecule has 0 bridgehead atoms. The summed E-state index contributed by atoms with van der Waals surface area (Å²) in [6, 6.07) is 1.18. The number of nitrogens with zero attached hydrogens (tertiary/aromatic N) is 1. The summed E-state index contributed by atoms with van der Waals surface area (Å²) >= 11 is 0. The molecule has 2 aromatic heterocycles. The van der Waals surface area contributed by atoms with E-state index in [4.69, 9.17) is 13.6 Å². The number of hydrogen-bond donors (Lipinski definition) is 0. The van der Waals surface area contributed by atoms with E-state index in [1.54, 1.807) is 12.2 Å². The Labute approximate surface area is 152 Å². The summed E-state index contributed by atoms with van der Waals surface area (Å²) in [6.07, 6.45) is 4.39. The second kappa shape index (κ2) is 5.67. The van der Waals surface area contributed by atoms with E-state index in [1.165, 1.54) is 6.07 Å². The van der Waals surface area contributed by atoms with Crippen LogP contribution in [0, 0.1) is 15.9 Å². The normalized spacial score (nSPS) is 15.1. The average Bonchev–Trinajstić information content (AvgIpc) is 3.04. The van der Waals surface area contributed by atoms with Gasteiger partial charge in [0, 0.05) is 5.56 Å². The zero-order valence-electron chi connectivity index (χ0n) is 14.9. The predicted molar refractivity (Wildman–Crippen MR) is 96.6 cm³/mol. The van der Waals surface area contributed by atoms with Crippen LogP contribution in [0.1, 0.15) is 38.3 Å². The van der Waals surface area contributed by atoms with Crippen molar-refractivity contribution in [2.75, 3.05) is 0 Å². The van der Waals surface area contributed by atoms with Gasteiger partial charge in [-0.15, -0.1) is 0 Å². The van der Waals surface area contributed by atoms with E-state index in [0.29, 0.717) is 29.5 Å². The Balaban J connectivity index is 2.27. The molecule has 0 unspecified atom stereocenters. The van der Waals surface area contributed by atoms with Crippen molar-refractivity contribution in [1.82, 2.24) is 0 Å². The lowest BCUT2D eigenvalue weighted by molar-refractivity contribution is -0.401. The largest absolute Gasteiger partial charge is 0.482 e. The summed E-state index contributed by atoms with van der Waals surface area (Å²) < 4.78 is 31.2. The topological polar surface area (TPSA) is 95.7 Å². The van der Waals surface area contributed by atoms with E-state index in [0.717, 1.165) is 0 Å². The number of benzene rings is 1. The Morgan fingerprint density at radius 1 is 1.26 bits per heavy atom. The molecule has 0 aliphatic carbocycles. The monoisotopic (exact) mass is 373 g/mol. The first kappa shape index (κ1) is 17.3. The molecular weight excluding hydrogens is 357 g/mol. The molecule has 0 radical (unpaired) electrons. The van der Waals surface area contributed by atoms with Crippen molar-refractivity contribution in [3.8, 4) is 5.75 Å². The molecular formula is C19H16FNO6. The van der Waals surface area contributed by atoms with Gasteiger partial charge < -0.3 is 13.6 Å². The van der Waals surface area contributed by atoms with Gasteiger partial charge in [-0.2, -0.15) is 4.39 Å². The number of rotatable bonds is 3. The van der Waals surface area contributed by atoms with Crippen molar-refractivity contribution in [3.63, 3.8) is 0 Å². The molecule has 0 spiro atoms. The van der Waals surface area contributed by atoms with Crippen LogP contribution in [0.15, 0.2) is 25.8 Å². The quantitative estimate of drug-likeness (QED) is 0.374. The fourth-order valence-electron chi connectivity index (χ4n) is 3.39. The van der Waals surface area contributed by atoms with Crippen LogP contribution >= 0.6 is 0 Å². The van der Waals surface area contributed by atoms with Crippen molar-refractivity contribution in [1.29, 1.82) is 0 Å². The number of aryl methyl sites for hydroxylation is 1. The summed E-state index contributed by atoms with van der Waals surface area (Å²) in [7, 11) is 0. The molecule has 1 aromatic carbocycles. The summed E-state index contributed by atoms with van der Waals surface area (Å²) in [6.45, 7) is 5.50. The molecule has 0 saturated heterocycles. The highest BCUT2D eigenvalue weighted by molar-refractivity contribution is 6.11. The van der Waals surface area contributed by atoms with Crippen molar-refractivity contribution >= 4 is 33.9 Å². The van der Waals surface area contributed by atoms with Crippen LogP contribution in [-0.4, -0.2) is 10.5 Å². The number of furan rings is 1. The van der Waals surface area contributed by atoms with Crippen LogP contribution in [-0.2, 0) is 6.42 Å². The zero-order chi connectivity index (χ0) is 19.5. The van der Waals surface area contributed by atoms with Crippen LogP contribution in [0.5, 0.6) is 5.75 Å². The first-order chi connectivity index (χ1) is 12.7. The standard InChI is InChI=1S/C19H16FNO6/c1-4-5-9-13-16(26-18(22)14(9)20)11-8-12(21(23)24)25-15(11)10-6-7-19(2,3)27-17(10)13/h6-8H,4-5H2,1-3H3. The minimum atomic E-state index is -1.12. The third kappa shape index (κ3) is 2.51. The van der Waals surface area contributed by atoms with Crippen molar-refractivity contribution in [2.24, 2.45) is 0 Å². The van der Waals surface area contributed by atoms with Gasteiger partial charge in [0.1, 0.15) is 16.3 Å². The van der Waals surface area contributed by atoms with Crippen LogP contribution in [0.2, 0.25) is 0 Å². The molecule has 4 rings (SSSR count). The minimum Gasteiger partial charge on any atom is -0.482 e. The van der Waals surface area contributed by atoms with Crippen LogP contribution in [0.4, 0.5) is 10.3 Å². The maximum atomic E-state index is 14.6. The molecule has 7 nitrogen and oxygen atoms in total. The highest BCUT2D eigenvalue weighted by Gasteiger charge is 2.32. The van der Waals surface area contributed by atoms with Gasteiger partial charge in [0.15, 0.2) is 11.2 Å². The van der Waals surface area contributed by atoms with Gasteiger partial charge in [0.2, 0.25) is 5.82 Å². The van der Waals surface area contributed by atoms with Gasteiger partial charge in [0.05, 0.1) is 22.4 Å². The van der Waals surface area contributed by atoms with Crippen molar-refractivity contribution in [3.05, 3.63) is 49.6 Å². The summed E-state index contributed by atoms with van der Waals surface area (Å²) in [5, 5.41) is 11.7. The molecule has 0 fully saturated rings.